The fourth-order valence-corrected chi connectivity index (χ4v) is 3.74. The summed E-state index contributed by atoms with van der Waals surface area (Å²) in [6, 6.07) is 19.5. The maximum absolute atomic E-state index is 12.5. The van der Waals surface area contributed by atoms with Crippen molar-refractivity contribution in [2.24, 2.45) is 0 Å². The minimum atomic E-state index is -0.296. The molecule has 30 heavy (non-hydrogen) atoms. The highest BCUT2D eigenvalue weighted by Crippen LogP contribution is 2.15. The number of nitrogens with zero attached hydrogens (tertiary/aromatic N) is 3. The second-order valence-corrected chi connectivity index (χ2v) is 7.54. The average Bonchev–Trinajstić information content (AvgIpc) is 3.17. The van der Waals surface area contributed by atoms with Crippen molar-refractivity contribution in [2.45, 2.75) is 25.6 Å². The molecule has 2 aromatic carbocycles. The topological polar surface area (TPSA) is 79.3 Å². The zero-order valence-corrected chi connectivity index (χ0v) is 16.7. The van der Waals surface area contributed by atoms with Crippen LogP contribution in [0, 0.1) is 0 Å². The van der Waals surface area contributed by atoms with Gasteiger partial charge in [-0.1, -0.05) is 42.5 Å². The molecule has 0 unspecified atom stereocenters. The van der Waals surface area contributed by atoms with Gasteiger partial charge in [-0.05, 0) is 35.7 Å². The summed E-state index contributed by atoms with van der Waals surface area (Å²) in [4.78, 5) is 30.4. The van der Waals surface area contributed by atoms with Gasteiger partial charge in [-0.25, -0.2) is 14.6 Å². The molecule has 1 saturated heterocycles. The minimum Gasteiger partial charge on any atom is -0.334 e. The van der Waals surface area contributed by atoms with Gasteiger partial charge in [-0.15, -0.1) is 0 Å². The first-order chi connectivity index (χ1) is 14.7. The predicted molar refractivity (Wildman–Crippen MR) is 116 cm³/mol. The molecule has 3 aromatic rings. The molecule has 7 nitrogen and oxygen atoms in total. The standard InChI is InChI=1S/C23H25N5O2/c29-22(26-21-10-13-27(17-21)15-18-6-2-1-3-7-18)25-20-9-4-8-19(14-20)16-28-12-5-11-24-23(28)30/h1-9,11-12,14,21H,10,13,15-17H2,(H2,25,26,29)/t21-/m0/s1. The summed E-state index contributed by atoms with van der Waals surface area (Å²) in [6.07, 6.45) is 4.11. The van der Waals surface area contributed by atoms with Gasteiger partial charge in [0.2, 0.25) is 0 Å². The molecule has 154 valence electrons. The Bertz CT molecular complexity index is 1050. The Hall–Kier alpha value is -3.45. The highest BCUT2D eigenvalue weighted by atomic mass is 16.2. The lowest BCUT2D eigenvalue weighted by Gasteiger charge is -2.17. The molecule has 1 atom stereocenters. The van der Waals surface area contributed by atoms with E-state index in [1.165, 1.54) is 16.3 Å². The Morgan fingerprint density at radius 1 is 1.03 bits per heavy atom. The van der Waals surface area contributed by atoms with Gasteiger partial charge in [0, 0.05) is 43.8 Å². The molecule has 0 radical (unpaired) electrons. The van der Waals surface area contributed by atoms with Crippen LogP contribution < -0.4 is 16.3 Å². The third kappa shape index (κ3) is 5.33. The minimum absolute atomic E-state index is 0.130. The van der Waals surface area contributed by atoms with Gasteiger partial charge >= 0.3 is 11.7 Å². The zero-order chi connectivity index (χ0) is 20.8. The van der Waals surface area contributed by atoms with E-state index in [-0.39, 0.29) is 17.8 Å². The number of anilines is 1. The van der Waals surface area contributed by atoms with Crippen molar-refractivity contribution in [3.05, 3.63) is 94.7 Å². The molecular weight excluding hydrogens is 378 g/mol. The quantitative estimate of drug-likeness (QED) is 0.663. The average molecular weight is 403 g/mol. The number of amides is 2. The molecule has 2 N–H and O–H groups in total. The van der Waals surface area contributed by atoms with Crippen LogP contribution >= 0.6 is 0 Å². The maximum Gasteiger partial charge on any atom is 0.347 e. The predicted octanol–water partition coefficient (Wildman–Crippen LogP) is 2.69. The molecule has 2 heterocycles. The van der Waals surface area contributed by atoms with Crippen LogP contribution in [0.2, 0.25) is 0 Å². The van der Waals surface area contributed by atoms with Crippen molar-refractivity contribution in [3.8, 4) is 0 Å². The molecular formula is C23H25N5O2. The van der Waals surface area contributed by atoms with Gasteiger partial charge in [0.15, 0.2) is 0 Å². The number of hydrogen-bond donors (Lipinski definition) is 2. The summed E-state index contributed by atoms with van der Waals surface area (Å²) in [5, 5.41) is 5.97. The normalized spacial score (nSPS) is 16.3. The van der Waals surface area contributed by atoms with Crippen LogP contribution in [0.4, 0.5) is 10.5 Å². The largest absolute Gasteiger partial charge is 0.347 e. The van der Waals surface area contributed by atoms with Crippen molar-refractivity contribution in [2.75, 3.05) is 18.4 Å². The molecule has 7 heteroatoms. The molecule has 1 aliphatic heterocycles. The molecule has 0 spiro atoms. The number of carbonyl (C=O) groups is 1. The van der Waals surface area contributed by atoms with E-state index in [4.69, 9.17) is 0 Å². The number of nitrogens with one attached hydrogen (secondary N) is 2. The number of carbonyl (C=O) groups excluding carboxylic acids is 1. The van der Waals surface area contributed by atoms with Crippen LogP contribution in [-0.4, -0.2) is 39.6 Å². The second-order valence-electron chi connectivity index (χ2n) is 7.54. The number of benzene rings is 2. The van der Waals surface area contributed by atoms with Gasteiger partial charge in [-0.3, -0.25) is 9.47 Å². The Morgan fingerprint density at radius 2 is 1.87 bits per heavy atom. The van der Waals surface area contributed by atoms with Gasteiger partial charge in [0.05, 0.1) is 6.54 Å². The lowest BCUT2D eigenvalue weighted by molar-refractivity contribution is 0.247. The monoisotopic (exact) mass is 403 g/mol. The third-order valence-corrected chi connectivity index (χ3v) is 5.18. The Kier molecular flexibility index (Phi) is 6.20. The van der Waals surface area contributed by atoms with Crippen molar-refractivity contribution in [1.82, 2.24) is 19.8 Å². The van der Waals surface area contributed by atoms with E-state index in [9.17, 15) is 9.59 Å². The number of hydrogen-bond acceptors (Lipinski definition) is 4. The molecule has 0 saturated carbocycles. The van der Waals surface area contributed by atoms with Crippen LogP contribution in [0.3, 0.4) is 0 Å². The molecule has 0 aliphatic carbocycles. The van der Waals surface area contributed by atoms with Gasteiger partial charge in [0.25, 0.3) is 0 Å². The van der Waals surface area contributed by atoms with Crippen LogP contribution in [0.1, 0.15) is 17.5 Å². The van der Waals surface area contributed by atoms with Crippen molar-refractivity contribution in [1.29, 1.82) is 0 Å². The van der Waals surface area contributed by atoms with Crippen LogP contribution in [0.5, 0.6) is 0 Å². The molecule has 1 aromatic heterocycles. The Labute approximate surface area is 175 Å². The summed E-state index contributed by atoms with van der Waals surface area (Å²) in [5.74, 6) is 0. The summed E-state index contributed by atoms with van der Waals surface area (Å²) in [6.45, 7) is 3.11. The molecule has 0 bridgehead atoms. The Morgan fingerprint density at radius 3 is 2.70 bits per heavy atom. The third-order valence-electron chi connectivity index (χ3n) is 5.18. The zero-order valence-electron chi connectivity index (χ0n) is 16.7. The first-order valence-corrected chi connectivity index (χ1v) is 10.1. The van der Waals surface area contributed by atoms with E-state index < -0.39 is 0 Å². The number of rotatable bonds is 6. The fourth-order valence-electron chi connectivity index (χ4n) is 3.74. The van der Waals surface area contributed by atoms with E-state index in [0.717, 1.165) is 31.6 Å². The van der Waals surface area contributed by atoms with E-state index >= 15 is 0 Å². The first kappa shape index (κ1) is 19.8. The van der Waals surface area contributed by atoms with E-state index in [1.807, 2.05) is 42.5 Å². The Balaban J connectivity index is 1.29. The van der Waals surface area contributed by atoms with Gasteiger partial charge in [-0.2, -0.15) is 0 Å². The molecule has 4 rings (SSSR count). The lowest BCUT2D eigenvalue weighted by atomic mass is 10.2. The van der Waals surface area contributed by atoms with Crippen LogP contribution in [0.25, 0.3) is 0 Å². The highest BCUT2D eigenvalue weighted by Gasteiger charge is 2.23. The van der Waals surface area contributed by atoms with E-state index in [1.54, 1.807) is 12.3 Å². The summed E-state index contributed by atoms with van der Waals surface area (Å²) < 4.78 is 1.53. The summed E-state index contributed by atoms with van der Waals surface area (Å²) in [5.41, 5.74) is 2.60. The van der Waals surface area contributed by atoms with Gasteiger partial charge in [0.1, 0.15) is 0 Å². The first-order valence-electron chi connectivity index (χ1n) is 10.1. The molecule has 2 amide bonds. The van der Waals surface area contributed by atoms with Crippen LogP contribution in [0.15, 0.2) is 77.9 Å². The second kappa shape index (κ2) is 9.37. The van der Waals surface area contributed by atoms with E-state index in [0.29, 0.717) is 12.2 Å². The van der Waals surface area contributed by atoms with Crippen molar-refractivity contribution >= 4 is 11.7 Å². The number of likely N-dealkylation sites (tertiary alicyclic amines) is 1. The molecule has 1 aliphatic rings. The van der Waals surface area contributed by atoms with Crippen molar-refractivity contribution in [3.63, 3.8) is 0 Å². The summed E-state index contributed by atoms with van der Waals surface area (Å²) >= 11 is 0. The number of urea groups is 1. The fraction of sp³-hybridized carbons (Fsp3) is 0.261. The number of aromatic nitrogens is 2. The van der Waals surface area contributed by atoms with Crippen LogP contribution in [-0.2, 0) is 13.1 Å². The smallest absolute Gasteiger partial charge is 0.334 e. The van der Waals surface area contributed by atoms with Gasteiger partial charge < -0.3 is 10.6 Å². The maximum atomic E-state index is 12.5. The van der Waals surface area contributed by atoms with E-state index in [2.05, 4.69) is 32.7 Å². The highest BCUT2D eigenvalue weighted by molar-refractivity contribution is 5.89. The SMILES string of the molecule is O=C(Nc1cccc(Cn2cccnc2=O)c1)N[C@H]1CCN(Cc2ccccc2)C1. The molecule has 1 fully saturated rings. The summed E-state index contributed by atoms with van der Waals surface area (Å²) in [7, 11) is 0. The van der Waals surface area contributed by atoms with Crippen molar-refractivity contribution < 1.29 is 4.79 Å². The lowest BCUT2D eigenvalue weighted by Crippen LogP contribution is -2.39.